The molecule has 0 aromatic heterocycles. The molecule has 1 aromatic rings. The molecule has 0 heterocycles. The summed E-state index contributed by atoms with van der Waals surface area (Å²) in [5.74, 6) is -0.787. The molecule has 5 nitrogen and oxygen atoms in total. The fraction of sp³-hybridized carbons (Fsp3) is 0.467. The number of methoxy groups -OCH3 is 1. The Bertz CT molecular complexity index is 442. The van der Waals surface area contributed by atoms with Gasteiger partial charge in [0.25, 0.3) is 0 Å². The van der Waals surface area contributed by atoms with E-state index >= 15 is 0 Å². The van der Waals surface area contributed by atoms with Gasteiger partial charge in [-0.3, -0.25) is 4.79 Å². The van der Waals surface area contributed by atoms with E-state index < -0.39 is 12.0 Å². The molecule has 1 N–H and O–H groups in total. The molecule has 0 spiro atoms. The van der Waals surface area contributed by atoms with E-state index in [1.807, 2.05) is 31.2 Å². The Labute approximate surface area is 119 Å². The van der Waals surface area contributed by atoms with E-state index in [1.165, 1.54) is 7.11 Å². The van der Waals surface area contributed by atoms with Crippen LogP contribution in [0.5, 0.6) is 0 Å². The van der Waals surface area contributed by atoms with Crippen LogP contribution < -0.4 is 5.32 Å². The highest BCUT2D eigenvalue weighted by Crippen LogP contribution is 2.07. The van der Waals surface area contributed by atoms with Gasteiger partial charge in [-0.05, 0) is 19.4 Å². The third-order valence-corrected chi connectivity index (χ3v) is 2.82. The minimum Gasteiger partial charge on any atom is -0.467 e. The molecule has 0 saturated heterocycles. The van der Waals surface area contributed by atoms with E-state index in [0.29, 0.717) is 13.0 Å². The summed E-state index contributed by atoms with van der Waals surface area (Å²) in [5.41, 5.74) is 2.10. The maximum absolute atomic E-state index is 11.7. The highest BCUT2D eigenvalue weighted by atomic mass is 16.5. The van der Waals surface area contributed by atoms with Gasteiger partial charge in [0.1, 0.15) is 12.6 Å². The largest absolute Gasteiger partial charge is 0.467 e. The van der Waals surface area contributed by atoms with Gasteiger partial charge < -0.3 is 14.8 Å². The third kappa shape index (κ3) is 5.40. The topological polar surface area (TPSA) is 64.6 Å². The molecule has 20 heavy (non-hydrogen) atoms. The lowest BCUT2D eigenvalue weighted by Crippen LogP contribution is -2.44. The lowest BCUT2D eigenvalue weighted by Gasteiger charge is -2.16. The predicted octanol–water partition coefficient (Wildman–Crippen LogP) is 1.23. The van der Waals surface area contributed by atoms with E-state index in [2.05, 4.69) is 5.32 Å². The standard InChI is InChI=1S/C15H21NO4/c1-4-20-10-14(17)16-13(15(18)19-3)9-12-7-5-11(2)6-8-12/h5-8,13H,4,9-10H2,1-3H3,(H,16,17)/t13-/m1/s1. The van der Waals surface area contributed by atoms with Gasteiger partial charge in [0.15, 0.2) is 0 Å². The van der Waals surface area contributed by atoms with Gasteiger partial charge in [0, 0.05) is 13.0 Å². The van der Waals surface area contributed by atoms with Gasteiger partial charge in [0.2, 0.25) is 5.91 Å². The second-order valence-corrected chi connectivity index (χ2v) is 4.47. The number of nitrogens with one attached hydrogen (secondary N) is 1. The molecule has 5 heteroatoms. The molecule has 0 unspecified atom stereocenters. The Balaban J connectivity index is 2.67. The number of rotatable bonds is 7. The number of esters is 1. The summed E-state index contributed by atoms with van der Waals surface area (Å²) in [6.45, 7) is 4.19. The molecule has 0 aliphatic carbocycles. The molecule has 1 amide bonds. The predicted molar refractivity (Wildman–Crippen MR) is 75.3 cm³/mol. The molecule has 1 rings (SSSR count). The van der Waals surface area contributed by atoms with Crippen LogP contribution in [0.25, 0.3) is 0 Å². The van der Waals surface area contributed by atoms with Gasteiger partial charge >= 0.3 is 5.97 Å². The summed E-state index contributed by atoms with van der Waals surface area (Å²) in [4.78, 5) is 23.3. The van der Waals surface area contributed by atoms with Crippen LogP contribution in [0.3, 0.4) is 0 Å². The summed E-state index contributed by atoms with van der Waals surface area (Å²) in [7, 11) is 1.30. The third-order valence-electron chi connectivity index (χ3n) is 2.82. The van der Waals surface area contributed by atoms with Gasteiger partial charge in [-0.2, -0.15) is 0 Å². The van der Waals surface area contributed by atoms with Crippen LogP contribution in [0.4, 0.5) is 0 Å². The van der Waals surface area contributed by atoms with Crippen LogP contribution in [0.15, 0.2) is 24.3 Å². The second kappa shape index (κ2) is 8.32. The van der Waals surface area contributed by atoms with Crippen LogP contribution in [0.2, 0.25) is 0 Å². The smallest absolute Gasteiger partial charge is 0.328 e. The fourth-order valence-corrected chi connectivity index (χ4v) is 1.73. The molecule has 0 saturated carbocycles. The number of amides is 1. The van der Waals surface area contributed by atoms with E-state index in [1.54, 1.807) is 6.92 Å². The van der Waals surface area contributed by atoms with Crippen molar-refractivity contribution in [3.63, 3.8) is 0 Å². The zero-order valence-corrected chi connectivity index (χ0v) is 12.1. The van der Waals surface area contributed by atoms with Crippen molar-refractivity contribution in [3.05, 3.63) is 35.4 Å². The number of carbonyl (C=O) groups is 2. The average Bonchev–Trinajstić information content (AvgIpc) is 2.45. The van der Waals surface area contributed by atoms with Crippen LogP contribution in [-0.2, 0) is 25.5 Å². The molecular formula is C15H21NO4. The summed E-state index contributed by atoms with van der Waals surface area (Å²) in [5, 5.41) is 2.63. The maximum atomic E-state index is 11.7. The molecular weight excluding hydrogens is 258 g/mol. The first-order chi connectivity index (χ1) is 9.56. The van der Waals surface area contributed by atoms with Crippen LogP contribution >= 0.6 is 0 Å². The number of carbonyl (C=O) groups excluding carboxylic acids is 2. The molecule has 0 aliphatic heterocycles. The minimum absolute atomic E-state index is 0.0576. The number of ether oxygens (including phenoxy) is 2. The minimum atomic E-state index is -0.698. The van der Waals surface area contributed by atoms with Crippen molar-refractivity contribution in [2.24, 2.45) is 0 Å². The summed E-state index contributed by atoms with van der Waals surface area (Å²) < 4.78 is 9.73. The van der Waals surface area contributed by atoms with Gasteiger partial charge in [-0.15, -0.1) is 0 Å². The quantitative estimate of drug-likeness (QED) is 0.763. The fourth-order valence-electron chi connectivity index (χ4n) is 1.73. The molecule has 1 aromatic carbocycles. The Hall–Kier alpha value is -1.88. The Morgan fingerprint density at radius 1 is 1.25 bits per heavy atom. The van der Waals surface area contributed by atoms with E-state index in [9.17, 15) is 9.59 Å². The van der Waals surface area contributed by atoms with E-state index in [4.69, 9.17) is 9.47 Å². The lowest BCUT2D eigenvalue weighted by molar-refractivity contribution is -0.145. The van der Waals surface area contributed by atoms with Crippen molar-refractivity contribution in [2.45, 2.75) is 26.3 Å². The summed E-state index contributed by atoms with van der Waals surface area (Å²) in [6, 6.07) is 7.09. The monoisotopic (exact) mass is 279 g/mol. The number of hydrogen-bond donors (Lipinski definition) is 1. The van der Waals surface area contributed by atoms with Crippen molar-refractivity contribution < 1.29 is 19.1 Å². The average molecular weight is 279 g/mol. The van der Waals surface area contributed by atoms with Gasteiger partial charge in [-0.25, -0.2) is 4.79 Å². The Morgan fingerprint density at radius 3 is 2.45 bits per heavy atom. The van der Waals surface area contributed by atoms with E-state index in [-0.39, 0.29) is 12.5 Å². The highest BCUT2D eigenvalue weighted by Gasteiger charge is 2.21. The first kappa shape index (κ1) is 16.2. The molecule has 0 radical (unpaired) electrons. The molecule has 1 atom stereocenters. The Kier molecular flexibility index (Phi) is 6.73. The number of benzene rings is 1. The normalized spacial score (nSPS) is 11.8. The van der Waals surface area contributed by atoms with E-state index in [0.717, 1.165) is 11.1 Å². The van der Waals surface area contributed by atoms with Crippen LogP contribution in [0.1, 0.15) is 18.1 Å². The number of hydrogen-bond acceptors (Lipinski definition) is 4. The van der Waals surface area contributed by atoms with Crippen molar-refractivity contribution in [1.29, 1.82) is 0 Å². The highest BCUT2D eigenvalue weighted by molar-refractivity contribution is 5.85. The first-order valence-electron chi connectivity index (χ1n) is 6.57. The number of aryl methyl sites for hydroxylation is 1. The molecule has 0 fully saturated rings. The molecule has 110 valence electrons. The van der Waals surface area contributed by atoms with Gasteiger partial charge in [-0.1, -0.05) is 29.8 Å². The summed E-state index contributed by atoms with van der Waals surface area (Å²) in [6.07, 6.45) is 0.394. The van der Waals surface area contributed by atoms with Crippen molar-refractivity contribution in [2.75, 3.05) is 20.3 Å². The second-order valence-electron chi connectivity index (χ2n) is 4.47. The maximum Gasteiger partial charge on any atom is 0.328 e. The zero-order valence-electron chi connectivity index (χ0n) is 12.1. The van der Waals surface area contributed by atoms with Crippen LogP contribution in [0, 0.1) is 6.92 Å². The molecule has 0 aliphatic rings. The Morgan fingerprint density at radius 2 is 1.90 bits per heavy atom. The zero-order chi connectivity index (χ0) is 15.0. The van der Waals surface area contributed by atoms with Gasteiger partial charge in [0.05, 0.1) is 7.11 Å². The van der Waals surface area contributed by atoms with Crippen molar-refractivity contribution >= 4 is 11.9 Å². The van der Waals surface area contributed by atoms with Crippen LogP contribution in [-0.4, -0.2) is 38.2 Å². The van der Waals surface area contributed by atoms with Crippen molar-refractivity contribution in [1.82, 2.24) is 5.32 Å². The SMILES string of the molecule is CCOCC(=O)N[C@H](Cc1ccc(C)cc1)C(=O)OC. The summed E-state index contributed by atoms with van der Waals surface area (Å²) >= 11 is 0. The lowest BCUT2D eigenvalue weighted by atomic mass is 10.0. The molecule has 0 bridgehead atoms. The first-order valence-corrected chi connectivity index (χ1v) is 6.57. The van der Waals surface area contributed by atoms with Crippen molar-refractivity contribution in [3.8, 4) is 0 Å².